The smallest absolute Gasteiger partial charge is 0.0938 e. The highest BCUT2D eigenvalue weighted by Gasteiger charge is 2.35. The van der Waals surface area contributed by atoms with Crippen LogP contribution in [0.5, 0.6) is 0 Å². The zero-order valence-electron chi connectivity index (χ0n) is 9.40. The van der Waals surface area contributed by atoms with Crippen molar-refractivity contribution < 1.29 is 5.11 Å². The molecule has 0 aliphatic carbocycles. The van der Waals surface area contributed by atoms with Gasteiger partial charge in [-0.15, -0.1) is 0 Å². The molecule has 1 aliphatic rings. The molecule has 2 heterocycles. The Labute approximate surface area is 90.3 Å². The first-order valence-electron chi connectivity index (χ1n) is 5.53. The zero-order valence-corrected chi connectivity index (χ0v) is 9.40. The third-order valence-electron chi connectivity index (χ3n) is 3.38. The minimum absolute atomic E-state index is 0.287. The average molecular weight is 209 g/mol. The summed E-state index contributed by atoms with van der Waals surface area (Å²) in [4.78, 5) is 0. The molecule has 1 saturated heterocycles. The van der Waals surface area contributed by atoms with Crippen molar-refractivity contribution in [2.45, 2.75) is 25.4 Å². The molecule has 4 nitrogen and oxygen atoms in total. The lowest BCUT2D eigenvalue weighted by Crippen LogP contribution is -2.42. The van der Waals surface area contributed by atoms with Gasteiger partial charge in [0.25, 0.3) is 0 Å². The highest BCUT2D eigenvalue weighted by molar-refractivity contribution is 5.15. The summed E-state index contributed by atoms with van der Waals surface area (Å²) in [6.45, 7) is 3.85. The molecule has 0 radical (unpaired) electrons. The van der Waals surface area contributed by atoms with E-state index in [0.29, 0.717) is 0 Å². The maximum absolute atomic E-state index is 10.5. The number of nitrogens with zero attached hydrogens (tertiary/aromatic N) is 2. The topological polar surface area (TPSA) is 50.1 Å². The van der Waals surface area contributed by atoms with Gasteiger partial charge >= 0.3 is 0 Å². The lowest BCUT2D eigenvalue weighted by molar-refractivity contribution is -0.0157. The lowest BCUT2D eigenvalue weighted by Gasteiger charge is -2.35. The van der Waals surface area contributed by atoms with Gasteiger partial charge in [-0.3, -0.25) is 4.68 Å². The van der Waals surface area contributed by atoms with Gasteiger partial charge in [0.05, 0.1) is 11.8 Å². The fourth-order valence-electron chi connectivity index (χ4n) is 2.25. The van der Waals surface area contributed by atoms with Crippen molar-refractivity contribution in [1.82, 2.24) is 15.1 Å². The lowest BCUT2D eigenvalue weighted by atomic mass is 9.80. The number of hydrogen-bond acceptors (Lipinski definition) is 3. The van der Waals surface area contributed by atoms with Crippen molar-refractivity contribution in [2.75, 3.05) is 13.1 Å². The van der Waals surface area contributed by atoms with E-state index in [1.165, 1.54) is 0 Å². The molecule has 2 N–H and O–H groups in total. The van der Waals surface area contributed by atoms with Crippen LogP contribution in [0.1, 0.15) is 25.3 Å². The predicted molar refractivity (Wildman–Crippen MR) is 58.4 cm³/mol. The first-order chi connectivity index (χ1) is 7.10. The highest BCUT2D eigenvalue weighted by atomic mass is 16.3. The molecule has 0 amide bonds. The van der Waals surface area contributed by atoms with Crippen molar-refractivity contribution in [3.8, 4) is 0 Å². The Morgan fingerprint density at radius 2 is 2.47 bits per heavy atom. The van der Waals surface area contributed by atoms with E-state index in [1.807, 2.05) is 20.2 Å². The summed E-state index contributed by atoms with van der Waals surface area (Å²) < 4.78 is 1.74. The van der Waals surface area contributed by atoms with Crippen LogP contribution in [-0.2, 0) is 12.6 Å². The van der Waals surface area contributed by atoms with E-state index < -0.39 is 5.60 Å². The van der Waals surface area contributed by atoms with Crippen molar-refractivity contribution in [2.24, 2.45) is 13.0 Å². The van der Waals surface area contributed by atoms with Crippen LogP contribution in [-0.4, -0.2) is 28.0 Å². The zero-order chi connectivity index (χ0) is 10.9. The monoisotopic (exact) mass is 209 g/mol. The molecule has 0 saturated carbocycles. The Morgan fingerprint density at radius 1 is 1.67 bits per heavy atom. The van der Waals surface area contributed by atoms with E-state index in [4.69, 9.17) is 0 Å². The number of aryl methyl sites for hydroxylation is 1. The summed E-state index contributed by atoms with van der Waals surface area (Å²) in [6.07, 6.45) is 5.87. The second-order valence-corrected chi connectivity index (χ2v) is 4.59. The van der Waals surface area contributed by atoms with Gasteiger partial charge in [-0.25, -0.2) is 0 Å². The van der Waals surface area contributed by atoms with E-state index in [2.05, 4.69) is 10.4 Å². The Balaban J connectivity index is 2.17. The SMILES string of the molecule is Cn1cc(C(C)(O)C2CCCNC2)cn1. The second-order valence-electron chi connectivity index (χ2n) is 4.59. The molecule has 2 atom stereocenters. The number of rotatable bonds is 2. The first kappa shape index (κ1) is 10.6. The fourth-order valence-corrected chi connectivity index (χ4v) is 2.25. The highest BCUT2D eigenvalue weighted by Crippen LogP contribution is 2.32. The Bertz CT molecular complexity index is 326. The maximum Gasteiger partial charge on any atom is 0.0938 e. The Morgan fingerprint density at radius 3 is 3.00 bits per heavy atom. The van der Waals surface area contributed by atoms with Gasteiger partial charge in [-0.2, -0.15) is 5.10 Å². The molecule has 0 aromatic carbocycles. The average Bonchev–Trinajstić information content (AvgIpc) is 2.67. The molecule has 15 heavy (non-hydrogen) atoms. The number of aliphatic hydroxyl groups is 1. The molecular formula is C11H19N3O. The number of hydrogen-bond donors (Lipinski definition) is 2. The van der Waals surface area contributed by atoms with Crippen LogP contribution in [0.25, 0.3) is 0 Å². The van der Waals surface area contributed by atoms with E-state index >= 15 is 0 Å². The van der Waals surface area contributed by atoms with E-state index in [-0.39, 0.29) is 5.92 Å². The quantitative estimate of drug-likeness (QED) is 0.751. The van der Waals surface area contributed by atoms with Crippen LogP contribution in [0.4, 0.5) is 0 Å². The van der Waals surface area contributed by atoms with Crippen molar-refractivity contribution >= 4 is 0 Å². The standard InChI is InChI=1S/C11H19N3O/c1-11(15,9-4-3-5-12-6-9)10-7-13-14(2)8-10/h7-9,12,15H,3-6H2,1-2H3. The van der Waals surface area contributed by atoms with Gasteiger partial charge in [-0.1, -0.05) is 0 Å². The van der Waals surface area contributed by atoms with Crippen molar-refractivity contribution in [1.29, 1.82) is 0 Å². The molecule has 84 valence electrons. The van der Waals surface area contributed by atoms with Crippen LogP contribution in [0.3, 0.4) is 0 Å². The molecule has 1 aromatic rings. The van der Waals surface area contributed by atoms with E-state index in [9.17, 15) is 5.11 Å². The minimum Gasteiger partial charge on any atom is -0.385 e. The van der Waals surface area contributed by atoms with E-state index in [0.717, 1.165) is 31.5 Å². The summed E-state index contributed by atoms with van der Waals surface area (Å²) in [6, 6.07) is 0. The summed E-state index contributed by atoms with van der Waals surface area (Å²) in [5, 5.41) is 18.0. The molecule has 0 bridgehead atoms. The second kappa shape index (κ2) is 3.94. The molecule has 1 fully saturated rings. The van der Waals surface area contributed by atoms with Gasteiger partial charge in [-0.05, 0) is 26.3 Å². The molecule has 2 rings (SSSR count). The largest absolute Gasteiger partial charge is 0.385 e. The normalized spacial score (nSPS) is 26.2. The van der Waals surface area contributed by atoms with Crippen LogP contribution in [0.15, 0.2) is 12.4 Å². The van der Waals surface area contributed by atoms with Crippen LogP contribution >= 0.6 is 0 Å². The van der Waals surface area contributed by atoms with Crippen molar-refractivity contribution in [3.05, 3.63) is 18.0 Å². The Kier molecular flexibility index (Phi) is 2.80. The third-order valence-corrected chi connectivity index (χ3v) is 3.38. The van der Waals surface area contributed by atoms with Crippen molar-refractivity contribution in [3.63, 3.8) is 0 Å². The molecular weight excluding hydrogens is 190 g/mol. The van der Waals surface area contributed by atoms with Crippen LogP contribution < -0.4 is 5.32 Å². The molecule has 0 spiro atoms. The summed E-state index contributed by atoms with van der Waals surface area (Å²) in [7, 11) is 1.87. The van der Waals surface area contributed by atoms with Gasteiger partial charge < -0.3 is 10.4 Å². The Hall–Kier alpha value is -0.870. The first-order valence-corrected chi connectivity index (χ1v) is 5.53. The molecule has 1 aromatic heterocycles. The summed E-state index contributed by atoms with van der Waals surface area (Å²) in [5.74, 6) is 0.287. The number of nitrogens with one attached hydrogen (secondary N) is 1. The maximum atomic E-state index is 10.5. The van der Waals surface area contributed by atoms with Gasteiger partial charge in [0.2, 0.25) is 0 Å². The van der Waals surface area contributed by atoms with E-state index in [1.54, 1.807) is 10.9 Å². The summed E-state index contributed by atoms with van der Waals surface area (Å²) in [5.41, 5.74) is 0.153. The van der Waals surface area contributed by atoms with Gasteiger partial charge in [0.1, 0.15) is 0 Å². The van der Waals surface area contributed by atoms with Crippen LogP contribution in [0, 0.1) is 5.92 Å². The molecule has 2 unspecified atom stereocenters. The number of aromatic nitrogens is 2. The number of piperidine rings is 1. The van der Waals surface area contributed by atoms with Gasteiger partial charge in [0, 0.05) is 31.3 Å². The molecule has 1 aliphatic heterocycles. The van der Waals surface area contributed by atoms with Gasteiger partial charge in [0.15, 0.2) is 0 Å². The minimum atomic E-state index is -0.762. The third kappa shape index (κ3) is 2.06. The van der Waals surface area contributed by atoms with Crippen LogP contribution in [0.2, 0.25) is 0 Å². The summed E-state index contributed by atoms with van der Waals surface area (Å²) >= 11 is 0. The molecule has 4 heteroatoms. The predicted octanol–water partition coefficient (Wildman–Crippen LogP) is 0.627. The fraction of sp³-hybridized carbons (Fsp3) is 0.727.